The average Bonchev–Trinajstić information content (AvgIpc) is 2.64. The molecule has 3 rings (SSSR count). The fourth-order valence-corrected chi connectivity index (χ4v) is 2.62. The number of nitrogens with one attached hydrogen (secondary N) is 1. The Kier molecular flexibility index (Phi) is 2.35. The van der Waals surface area contributed by atoms with Gasteiger partial charge in [-0.15, -0.1) is 0 Å². The number of nitrogens with zero attached hydrogens (tertiary/aromatic N) is 1. The summed E-state index contributed by atoms with van der Waals surface area (Å²) in [6.45, 7) is 2.70. The van der Waals surface area contributed by atoms with E-state index in [-0.39, 0.29) is 11.9 Å². The van der Waals surface area contributed by atoms with E-state index in [2.05, 4.69) is 12.2 Å². The van der Waals surface area contributed by atoms with Crippen molar-refractivity contribution in [2.75, 3.05) is 6.54 Å². The summed E-state index contributed by atoms with van der Waals surface area (Å²) in [7, 11) is 0. The van der Waals surface area contributed by atoms with Crippen LogP contribution in [-0.4, -0.2) is 17.0 Å². The number of fused-ring (bicyclic) bond motifs is 3. The van der Waals surface area contributed by atoms with Crippen molar-refractivity contribution < 1.29 is 4.79 Å². The second-order valence-corrected chi connectivity index (χ2v) is 5.10. The van der Waals surface area contributed by atoms with Crippen molar-refractivity contribution in [3.63, 3.8) is 0 Å². The fourth-order valence-electron chi connectivity index (χ4n) is 2.29. The van der Waals surface area contributed by atoms with E-state index in [4.69, 9.17) is 23.2 Å². The van der Waals surface area contributed by atoms with E-state index in [1.807, 2.05) is 16.7 Å². The minimum Gasteiger partial charge on any atom is -0.349 e. The summed E-state index contributed by atoms with van der Waals surface area (Å²) in [6.07, 6.45) is 0. The number of carbonyl (C=O) groups excluding carboxylic acids is 1. The first kappa shape index (κ1) is 10.9. The molecule has 88 valence electrons. The van der Waals surface area contributed by atoms with Crippen LogP contribution in [0.2, 0.25) is 10.0 Å². The standard InChI is InChI=1S/C12H10Cl2N2O/c1-6-5-15-12(17)11-3-7-2-8(13)9(14)4-10(7)16(6)11/h2-4,6H,5H2,1H3,(H,15,17)/t6-/m1/s1. The molecule has 3 nitrogen and oxygen atoms in total. The highest BCUT2D eigenvalue weighted by Crippen LogP contribution is 2.32. The van der Waals surface area contributed by atoms with Gasteiger partial charge < -0.3 is 9.88 Å². The lowest BCUT2D eigenvalue weighted by molar-refractivity contribution is 0.0919. The lowest BCUT2D eigenvalue weighted by atomic mass is 10.2. The van der Waals surface area contributed by atoms with Crippen LogP contribution in [0.5, 0.6) is 0 Å². The quantitative estimate of drug-likeness (QED) is 0.782. The molecule has 1 amide bonds. The first-order valence-corrected chi connectivity index (χ1v) is 6.11. The van der Waals surface area contributed by atoms with Crippen LogP contribution in [0.15, 0.2) is 18.2 Å². The summed E-state index contributed by atoms with van der Waals surface area (Å²) in [4.78, 5) is 11.8. The van der Waals surface area contributed by atoms with Gasteiger partial charge in [-0.25, -0.2) is 0 Å². The Morgan fingerprint density at radius 2 is 2.00 bits per heavy atom. The molecule has 0 saturated heterocycles. The molecule has 1 atom stereocenters. The van der Waals surface area contributed by atoms with Gasteiger partial charge in [-0.3, -0.25) is 4.79 Å². The number of hydrogen-bond acceptors (Lipinski definition) is 1. The monoisotopic (exact) mass is 268 g/mol. The van der Waals surface area contributed by atoms with Gasteiger partial charge >= 0.3 is 0 Å². The lowest BCUT2D eigenvalue weighted by Crippen LogP contribution is -2.37. The van der Waals surface area contributed by atoms with E-state index in [9.17, 15) is 4.79 Å². The van der Waals surface area contributed by atoms with Crippen LogP contribution < -0.4 is 5.32 Å². The number of carbonyl (C=O) groups is 1. The number of hydrogen-bond donors (Lipinski definition) is 1. The molecule has 0 spiro atoms. The van der Waals surface area contributed by atoms with E-state index in [1.165, 1.54) is 0 Å². The molecule has 1 aliphatic heterocycles. The Morgan fingerprint density at radius 1 is 1.29 bits per heavy atom. The van der Waals surface area contributed by atoms with Crippen molar-refractivity contribution in [2.45, 2.75) is 13.0 Å². The van der Waals surface area contributed by atoms with Crippen molar-refractivity contribution in [1.82, 2.24) is 9.88 Å². The number of amides is 1. The van der Waals surface area contributed by atoms with Gasteiger partial charge in [0.15, 0.2) is 0 Å². The highest BCUT2D eigenvalue weighted by atomic mass is 35.5. The van der Waals surface area contributed by atoms with Crippen molar-refractivity contribution in [3.8, 4) is 0 Å². The zero-order valence-corrected chi connectivity index (χ0v) is 10.6. The van der Waals surface area contributed by atoms with Gasteiger partial charge in [0.25, 0.3) is 5.91 Å². The zero-order chi connectivity index (χ0) is 12.2. The topological polar surface area (TPSA) is 34.0 Å². The van der Waals surface area contributed by atoms with Crippen LogP contribution in [0.4, 0.5) is 0 Å². The molecule has 1 aromatic carbocycles. The van der Waals surface area contributed by atoms with Crippen molar-refractivity contribution >= 4 is 40.0 Å². The molecule has 0 radical (unpaired) electrons. The van der Waals surface area contributed by atoms with E-state index in [1.54, 1.807) is 6.07 Å². The first-order valence-electron chi connectivity index (χ1n) is 5.36. The van der Waals surface area contributed by atoms with E-state index in [0.717, 1.165) is 10.9 Å². The number of aromatic nitrogens is 1. The van der Waals surface area contributed by atoms with Gasteiger partial charge in [0.2, 0.25) is 0 Å². The molecule has 2 aromatic rings. The van der Waals surface area contributed by atoms with Gasteiger partial charge in [-0.2, -0.15) is 0 Å². The van der Waals surface area contributed by atoms with Crippen molar-refractivity contribution in [1.29, 1.82) is 0 Å². The largest absolute Gasteiger partial charge is 0.349 e. The second kappa shape index (κ2) is 3.65. The minimum atomic E-state index is -0.0495. The SMILES string of the molecule is C[C@@H]1CNC(=O)c2cc3cc(Cl)c(Cl)cc3n21. The predicted molar refractivity (Wildman–Crippen MR) is 69.0 cm³/mol. The summed E-state index contributed by atoms with van der Waals surface area (Å²) >= 11 is 12.0. The maximum absolute atomic E-state index is 11.8. The van der Waals surface area contributed by atoms with E-state index >= 15 is 0 Å². The van der Waals surface area contributed by atoms with Gasteiger partial charge in [0.05, 0.1) is 15.6 Å². The highest BCUT2D eigenvalue weighted by molar-refractivity contribution is 6.42. The lowest BCUT2D eigenvalue weighted by Gasteiger charge is -2.24. The summed E-state index contributed by atoms with van der Waals surface area (Å²) < 4.78 is 2.01. The molecule has 0 bridgehead atoms. The molecular weight excluding hydrogens is 259 g/mol. The molecule has 0 unspecified atom stereocenters. The zero-order valence-electron chi connectivity index (χ0n) is 9.13. The predicted octanol–water partition coefficient (Wildman–Crippen LogP) is 3.25. The molecule has 0 saturated carbocycles. The second-order valence-electron chi connectivity index (χ2n) is 4.28. The van der Waals surface area contributed by atoms with Gasteiger partial charge in [-0.1, -0.05) is 23.2 Å². The maximum atomic E-state index is 11.8. The summed E-state index contributed by atoms with van der Waals surface area (Å²) in [5, 5.41) is 4.82. The fraction of sp³-hybridized carbons (Fsp3) is 0.250. The van der Waals surface area contributed by atoms with Crippen LogP contribution >= 0.6 is 23.2 Å². The molecule has 0 fully saturated rings. The molecule has 1 N–H and O–H groups in total. The summed E-state index contributed by atoms with van der Waals surface area (Å²) in [5.74, 6) is -0.0495. The molecule has 0 aliphatic carbocycles. The molecule has 1 aliphatic rings. The van der Waals surface area contributed by atoms with Crippen molar-refractivity contribution in [2.24, 2.45) is 0 Å². The average molecular weight is 269 g/mol. The van der Waals surface area contributed by atoms with Gasteiger partial charge in [-0.05, 0) is 25.1 Å². The summed E-state index contributed by atoms with van der Waals surface area (Å²) in [6, 6.07) is 5.68. The van der Waals surface area contributed by atoms with Gasteiger partial charge in [0, 0.05) is 18.0 Å². The van der Waals surface area contributed by atoms with Crippen LogP contribution in [0.25, 0.3) is 10.9 Å². The highest BCUT2D eigenvalue weighted by Gasteiger charge is 2.24. The third kappa shape index (κ3) is 1.53. The Bertz CT molecular complexity index is 633. The number of rotatable bonds is 0. The third-order valence-corrected chi connectivity index (χ3v) is 3.83. The van der Waals surface area contributed by atoms with Crippen LogP contribution in [0.1, 0.15) is 23.5 Å². The normalized spacial score (nSPS) is 19.2. The number of benzene rings is 1. The van der Waals surface area contributed by atoms with Crippen LogP contribution in [0, 0.1) is 0 Å². The minimum absolute atomic E-state index is 0.0495. The Balaban J connectivity index is 2.38. The summed E-state index contributed by atoms with van der Waals surface area (Å²) in [5.41, 5.74) is 1.62. The Morgan fingerprint density at radius 3 is 2.76 bits per heavy atom. The third-order valence-electron chi connectivity index (χ3n) is 3.11. The molecule has 5 heteroatoms. The van der Waals surface area contributed by atoms with E-state index in [0.29, 0.717) is 22.3 Å². The smallest absolute Gasteiger partial charge is 0.268 e. The first-order chi connectivity index (χ1) is 8.08. The van der Waals surface area contributed by atoms with Crippen LogP contribution in [0.3, 0.4) is 0 Å². The van der Waals surface area contributed by atoms with Crippen LogP contribution in [-0.2, 0) is 0 Å². The van der Waals surface area contributed by atoms with E-state index < -0.39 is 0 Å². The molecule has 1 aromatic heterocycles. The van der Waals surface area contributed by atoms with Crippen molar-refractivity contribution in [3.05, 3.63) is 33.9 Å². The Labute approximate surface area is 108 Å². The molecule has 2 heterocycles. The molecule has 17 heavy (non-hydrogen) atoms. The maximum Gasteiger partial charge on any atom is 0.268 e. The molecular formula is C12H10Cl2N2O. The van der Waals surface area contributed by atoms with Gasteiger partial charge in [0.1, 0.15) is 5.69 Å². The number of halogens is 2. The Hall–Kier alpha value is -1.19.